The summed E-state index contributed by atoms with van der Waals surface area (Å²) >= 11 is 3.36. The molecule has 0 aliphatic heterocycles. The number of halogens is 1. The van der Waals surface area contributed by atoms with Crippen LogP contribution in [-0.4, -0.2) is 32.9 Å². The van der Waals surface area contributed by atoms with Gasteiger partial charge in [0.2, 0.25) is 5.88 Å². The van der Waals surface area contributed by atoms with Gasteiger partial charge in [-0.1, -0.05) is 15.9 Å². The first kappa shape index (κ1) is 21.8. The SMILES string of the molecule is COc1cc([N+](=O)[O-])ccc1NN=Cc1c(O)n(-c2ccc(Br)c(C)c2)c(=O)[nH]c1=O. The summed E-state index contributed by atoms with van der Waals surface area (Å²) in [6, 6.07) is 8.79. The number of non-ortho nitro benzene ring substituents is 1. The number of methoxy groups -OCH3 is 1. The Bertz CT molecular complexity index is 1310. The number of hydrogen-bond donors (Lipinski definition) is 3. The van der Waals surface area contributed by atoms with Gasteiger partial charge in [-0.15, -0.1) is 0 Å². The Kier molecular flexibility index (Phi) is 6.20. The van der Waals surface area contributed by atoms with Crippen molar-refractivity contribution in [3.8, 4) is 17.3 Å². The minimum absolute atomic E-state index is 0.153. The summed E-state index contributed by atoms with van der Waals surface area (Å²) in [6.45, 7) is 1.81. The highest BCUT2D eigenvalue weighted by atomic mass is 79.9. The summed E-state index contributed by atoms with van der Waals surface area (Å²) in [5.41, 5.74) is 1.95. The van der Waals surface area contributed by atoms with Crippen LogP contribution < -0.4 is 21.4 Å². The number of nitrogens with zero attached hydrogens (tertiary/aromatic N) is 3. The van der Waals surface area contributed by atoms with E-state index in [2.05, 4.69) is 31.4 Å². The first-order chi connectivity index (χ1) is 14.7. The zero-order valence-corrected chi connectivity index (χ0v) is 17.8. The molecule has 3 N–H and O–H groups in total. The molecule has 0 saturated heterocycles. The molecule has 0 radical (unpaired) electrons. The fourth-order valence-corrected chi connectivity index (χ4v) is 2.96. The third-order valence-corrected chi connectivity index (χ3v) is 5.18. The number of anilines is 1. The lowest BCUT2D eigenvalue weighted by molar-refractivity contribution is -0.384. The number of H-pyrrole nitrogens is 1. The number of nitro groups is 1. The third kappa shape index (κ3) is 4.48. The zero-order valence-electron chi connectivity index (χ0n) is 16.2. The van der Waals surface area contributed by atoms with Crippen molar-refractivity contribution < 1.29 is 14.8 Å². The minimum Gasteiger partial charge on any atom is -0.494 e. The number of aromatic hydroxyl groups is 1. The van der Waals surface area contributed by atoms with Gasteiger partial charge in [-0.25, -0.2) is 9.36 Å². The molecule has 3 rings (SSSR count). The fraction of sp³-hybridized carbons (Fsp3) is 0.105. The molecule has 0 fully saturated rings. The molecule has 0 bridgehead atoms. The van der Waals surface area contributed by atoms with Gasteiger partial charge in [-0.3, -0.25) is 25.3 Å². The molecule has 0 unspecified atom stereocenters. The van der Waals surface area contributed by atoms with Gasteiger partial charge in [-0.05, 0) is 36.8 Å². The molecule has 12 heteroatoms. The van der Waals surface area contributed by atoms with Crippen LogP contribution in [0.3, 0.4) is 0 Å². The molecule has 0 atom stereocenters. The van der Waals surface area contributed by atoms with Crippen molar-refractivity contribution in [3.05, 3.63) is 83.0 Å². The van der Waals surface area contributed by atoms with Crippen molar-refractivity contribution in [2.75, 3.05) is 12.5 Å². The van der Waals surface area contributed by atoms with Gasteiger partial charge < -0.3 is 9.84 Å². The maximum atomic E-state index is 12.3. The molecule has 0 spiro atoms. The molecule has 11 nitrogen and oxygen atoms in total. The minimum atomic E-state index is -0.839. The second-order valence-corrected chi connectivity index (χ2v) is 7.13. The lowest BCUT2D eigenvalue weighted by Gasteiger charge is -2.11. The summed E-state index contributed by atoms with van der Waals surface area (Å²) in [7, 11) is 1.33. The van der Waals surface area contributed by atoms with Crippen LogP contribution in [0.25, 0.3) is 5.69 Å². The van der Waals surface area contributed by atoms with Crippen LogP contribution in [-0.2, 0) is 0 Å². The first-order valence-corrected chi connectivity index (χ1v) is 9.48. The van der Waals surface area contributed by atoms with Gasteiger partial charge in [0.25, 0.3) is 11.2 Å². The number of aromatic amines is 1. The number of aromatic nitrogens is 2. The molecule has 1 heterocycles. The van der Waals surface area contributed by atoms with Crippen LogP contribution in [0.2, 0.25) is 0 Å². The molecule has 0 saturated carbocycles. The van der Waals surface area contributed by atoms with Crippen LogP contribution in [0.5, 0.6) is 11.6 Å². The highest BCUT2D eigenvalue weighted by Gasteiger charge is 2.15. The average molecular weight is 490 g/mol. The third-order valence-electron chi connectivity index (χ3n) is 4.30. The summed E-state index contributed by atoms with van der Waals surface area (Å²) in [5, 5.41) is 25.3. The van der Waals surface area contributed by atoms with Gasteiger partial charge in [0.05, 0.1) is 35.7 Å². The standard InChI is InChI=1S/C19H16BrN5O6/c1-10-7-11(3-5-14(10)20)24-18(27)13(17(26)22-19(24)28)9-21-23-15-6-4-12(25(29)30)8-16(15)31-2/h3-9,23,27H,1-2H3,(H,22,26,28). The molecule has 3 aromatic rings. The van der Waals surface area contributed by atoms with E-state index in [1.165, 1.54) is 25.3 Å². The molecular formula is C19H16BrN5O6. The van der Waals surface area contributed by atoms with Gasteiger partial charge in [0, 0.05) is 10.5 Å². The summed E-state index contributed by atoms with van der Waals surface area (Å²) in [4.78, 5) is 36.9. The van der Waals surface area contributed by atoms with E-state index in [9.17, 15) is 24.8 Å². The largest absolute Gasteiger partial charge is 0.494 e. The molecule has 2 aromatic carbocycles. The normalized spacial score (nSPS) is 10.9. The van der Waals surface area contributed by atoms with Crippen LogP contribution in [0.4, 0.5) is 11.4 Å². The highest BCUT2D eigenvalue weighted by Crippen LogP contribution is 2.29. The van der Waals surface area contributed by atoms with Crippen molar-refractivity contribution in [2.24, 2.45) is 5.10 Å². The lowest BCUT2D eigenvalue weighted by atomic mass is 10.2. The zero-order chi connectivity index (χ0) is 22.7. The number of benzene rings is 2. The van der Waals surface area contributed by atoms with E-state index in [0.717, 1.165) is 20.8 Å². The lowest BCUT2D eigenvalue weighted by Crippen LogP contribution is -2.31. The molecular weight excluding hydrogens is 474 g/mol. The summed E-state index contributed by atoms with van der Waals surface area (Å²) in [5.74, 6) is -0.448. The molecule has 0 aliphatic rings. The maximum absolute atomic E-state index is 12.3. The summed E-state index contributed by atoms with van der Waals surface area (Å²) in [6.07, 6.45) is 1.02. The smallest absolute Gasteiger partial charge is 0.335 e. The number of nitro benzene ring substituents is 1. The van der Waals surface area contributed by atoms with Gasteiger partial charge in [0.15, 0.2) is 5.75 Å². The van der Waals surface area contributed by atoms with Gasteiger partial charge >= 0.3 is 5.69 Å². The van der Waals surface area contributed by atoms with Crippen LogP contribution in [0.15, 0.2) is 55.6 Å². The monoisotopic (exact) mass is 489 g/mol. The van der Waals surface area contributed by atoms with E-state index < -0.39 is 22.1 Å². The molecule has 0 amide bonds. The molecule has 31 heavy (non-hydrogen) atoms. The van der Waals surface area contributed by atoms with Crippen molar-refractivity contribution in [1.82, 2.24) is 9.55 Å². The average Bonchev–Trinajstić information content (AvgIpc) is 2.72. The van der Waals surface area contributed by atoms with E-state index in [1.807, 2.05) is 6.92 Å². The summed E-state index contributed by atoms with van der Waals surface area (Å²) < 4.78 is 6.85. The van der Waals surface area contributed by atoms with Crippen molar-refractivity contribution in [3.63, 3.8) is 0 Å². The van der Waals surface area contributed by atoms with Gasteiger partial charge in [-0.2, -0.15) is 5.10 Å². The Hall–Kier alpha value is -3.93. The Morgan fingerprint density at radius 3 is 2.68 bits per heavy atom. The predicted octanol–water partition coefficient (Wildman–Crippen LogP) is 2.67. The molecule has 160 valence electrons. The topological polar surface area (TPSA) is 152 Å². The highest BCUT2D eigenvalue weighted by molar-refractivity contribution is 9.10. The van der Waals surface area contributed by atoms with Gasteiger partial charge in [0.1, 0.15) is 5.56 Å². The first-order valence-electron chi connectivity index (χ1n) is 8.69. The van der Waals surface area contributed by atoms with E-state index >= 15 is 0 Å². The van der Waals surface area contributed by atoms with Crippen LogP contribution in [0, 0.1) is 17.0 Å². The number of rotatable bonds is 6. The fourth-order valence-electron chi connectivity index (χ4n) is 2.71. The maximum Gasteiger partial charge on any atom is 0.335 e. The van der Waals surface area contributed by atoms with E-state index in [-0.39, 0.29) is 22.7 Å². The molecule has 0 aliphatic carbocycles. The number of hydrogen-bond acceptors (Lipinski definition) is 8. The Morgan fingerprint density at radius 1 is 1.29 bits per heavy atom. The number of aryl methyl sites for hydroxylation is 1. The van der Waals surface area contributed by atoms with Crippen molar-refractivity contribution >= 4 is 33.5 Å². The molecule has 1 aromatic heterocycles. The van der Waals surface area contributed by atoms with Crippen molar-refractivity contribution in [1.29, 1.82) is 0 Å². The Morgan fingerprint density at radius 2 is 2.03 bits per heavy atom. The number of hydrazone groups is 1. The van der Waals surface area contributed by atoms with E-state index in [0.29, 0.717) is 5.69 Å². The number of ether oxygens (including phenoxy) is 1. The second-order valence-electron chi connectivity index (χ2n) is 6.28. The van der Waals surface area contributed by atoms with Crippen LogP contribution in [0.1, 0.15) is 11.1 Å². The predicted molar refractivity (Wildman–Crippen MR) is 118 cm³/mol. The quantitative estimate of drug-likeness (QED) is 0.273. The number of nitrogens with one attached hydrogen (secondary N) is 2. The van der Waals surface area contributed by atoms with E-state index in [4.69, 9.17) is 4.74 Å². The second kappa shape index (κ2) is 8.83. The van der Waals surface area contributed by atoms with E-state index in [1.54, 1.807) is 18.2 Å². The van der Waals surface area contributed by atoms with Crippen molar-refractivity contribution in [2.45, 2.75) is 6.92 Å². The van der Waals surface area contributed by atoms with Crippen LogP contribution >= 0.6 is 15.9 Å². The Labute approximate surface area is 182 Å². The Balaban J connectivity index is 1.98.